The monoisotopic (exact) mass is 320 g/mol. The highest BCUT2D eigenvalue weighted by Crippen LogP contribution is 2.17. The van der Waals surface area contributed by atoms with Crippen LogP contribution in [0.5, 0.6) is 0 Å². The van der Waals surface area contributed by atoms with Crippen molar-refractivity contribution in [2.75, 3.05) is 13.1 Å². The molecule has 1 aromatic heterocycles. The summed E-state index contributed by atoms with van der Waals surface area (Å²) in [4.78, 5) is 16.1. The molecule has 2 rings (SSSR count). The van der Waals surface area contributed by atoms with Gasteiger partial charge >= 0.3 is 0 Å². The van der Waals surface area contributed by atoms with Gasteiger partial charge < -0.3 is 15.6 Å². The summed E-state index contributed by atoms with van der Waals surface area (Å²) in [6.45, 7) is 1.23. The summed E-state index contributed by atoms with van der Waals surface area (Å²) < 4.78 is 15.6. The molecule has 3 N–H and O–H groups in total. The first kappa shape index (κ1) is 17.4. The molecule has 0 spiro atoms. The minimum Gasteiger partial charge on any atom is -0.356 e. The number of fused-ring (bicyclic) bond motifs is 1. The van der Waals surface area contributed by atoms with Gasteiger partial charge in [-0.3, -0.25) is 4.79 Å². The van der Waals surface area contributed by atoms with Gasteiger partial charge in [-0.2, -0.15) is 0 Å². The Bertz CT molecular complexity index is 653. The van der Waals surface area contributed by atoms with E-state index in [0.29, 0.717) is 31.4 Å². The first-order valence-corrected chi connectivity index (χ1v) is 8.20. The van der Waals surface area contributed by atoms with Crippen molar-refractivity contribution >= 4 is 16.9 Å². The predicted octanol–water partition coefficient (Wildman–Crippen LogP) is 2.28. The van der Waals surface area contributed by atoms with Gasteiger partial charge in [0.05, 0.1) is 5.52 Å². The van der Waals surface area contributed by atoms with Crippen LogP contribution in [0.25, 0.3) is 11.0 Å². The number of para-hydroxylation sites is 1. The maximum Gasteiger partial charge on any atom is 0.220 e. The quantitative estimate of drug-likeness (QED) is 0.696. The maximum absolute atomic E-state index is 13.7. The van der Waals surface area contributed by atoms with Crippen LogP contribution in [0.4, 0.5) is 4.39 Å². The van der Waals surface area contributed by atoms with Crippen LogP contribution in [0.2, 0.25) is 0 Å². The number of hydrogen-bond acceptors (Lipinski definition) is 3. The van der Waals surface area contributed by atoms with Gasteiger partial charge in [0.1, 0.15) is 11.3 Å². The van der Waals surface area contributed by atoms with E-state index in [9.17, 15) is 9.18 Å². The van der Waals surface area contributed by atoms with E-state index < -0.39 is 0 Å². The van der Waals surface area contributed by atoms with Crippen LogP contribution in [0.1, 0.15) is 37.9 Å². The van der Waals surface area contributed by atoms with Gasteiger partial charge in [-0.25, -0.2) is 9.37 Å². The Morgan fingerprint density at radius 2 is 2.09 bits per heavy atom. The average molecular weight is 320 g/mol. The number of carbonyl (C=O) groups excluding carboxylic acids is 1. The molecule has 1 aromatic carbocycles. The van der Waals surface area contributed by atoms with E-state index in [1.807, 2.05) is 17.7 Å². The number of nitrogens with two attached hydrogens (primary N) is 1. The van der Waals surface area contributed by atoms with Crippen molar-refractivity contribution in [2.24, 2.45) is 12.8 Å². The number of amides is 1. The molecule has 0 unspecified atom stereocenters. The molecule has 23 heavy (non-hydrogen) atoms. The number of benzene rings is 1. The Morgan fingerprint density at radius 3 is 2.83 bits per heavy atom. The minimum atomic E-state index is -0.314. The van der Waals surface area contributed by atoms with E-state index in [4.69, 9.17) is 5.73 Å². The van der Waals surface area contributed by atoms with Gasteiger partial charge in [0, 0.05) is 26.4 Å². The van der Waals surface area contributed by atoms with Crippen molar-refractivity contribution in [3.05, 3.63) is 29.8 Å². The van der Waals surface area contributed by atoms with Crippen LogP contribution in [0.15, 0.2) is 18.2 Å². The van der Waals surface area contributed by atoms with Crippen molar-refractivity contribution in [1.82, 2.24) is 14.9 Å². The Morgan fingerprint density at radius 1 is 1.30 bits per heavy atom. The number of imidazole rings is 1. The normalized spacial score (nSPS) is 11.1. The van der Waals surface area contributed by atoms with Crippen molar-refractivity contribution in [3.8, 4) is 0 Å². The Kier molecular flexibility index (Phi) is 6.52. The molecule has 0 radical (unpaired) electrons. The first-order valence-electron chi connectivity index (χ1n) is 8.20. The van der Waals surface area contributed by atoms with Crippen LogP contribution < -0.4 is 11.1 Å². The smallest absolute Gasteiger partial charge is 0.220 e. The van der Waals surface area contributed by atoms with Gasteiger partial charge in [0.2, 0.25) is 5.91 Å². The summed E-state index contributed by atoms with van der Waals surface area (Å²) in [6.07, 6.45) is 5.16. The fraction of sp³-hybridized carbons (Fsp3) is 0.529. The van der Waals surface area contributed by atoms with E-state index >= 15 is 0 Å². The maximum atomic E-state index is 13.7. The number of nitrogens with one attached hydrogen (secondary N) is 1. The van der Waals surface area contributed by atoms with Crippen molar-refractivity contribution in [1.29, 1.82) is 0 Å². The molecule has 1 amide bonds. The molecule has 0 fully saturated rings. The molecule has 0 aliphatic carbocycles. The zero-order valence-corrected chi connectivity index (χ0v) is 13.6. The third-order valence-corrected chi connectivity index (χ3v) is 3.98. The van der Waals surface area contributed by atoms with Gasteiger partial charge in [0.25, 0.3) is 0 Å². The van der Waals surface area contributed by atoms with Crippen molar-refractivity contribution in [2.45, 2.75) is 38.5 Å². The highest BCUT2D eigenvalue weighted by Gasteiger charge is 2.11. The second-order valence-electron chi connectivity index (χ2n) is 5.75. The SMILES string of the molecule is Cn1c(CCNC(=O)CCCCCCN)nc2c(F)cccc21. The highest BCUT2D eigenvalue weighted by atomic mass is 19.1. The summed E-state index contributed by atoms with van der Waals surface area (Å²) in [6, 6.07) is 4.93. The number of halogens is 1. The van der Waals surface area contributed by atoms with Gasteiger partial charge in [-0.05, 0) is 31.5 Å². The molecule has 0 saturated heterocycles. The lowest BCUT2D eigenvalue weighted by molar-refractivity contribution is -0.121. The topological polar surface area (TPSA) is 72.9 Å². The number of rotatable bonds is 9. The van der Waals surface area contributed by atoms with E-state index in [-0.39, 0.29) is 11.7 Å². The summed E-state index contributed by atoms with van der Waals surface area (Å²) in [5.74, 6) is 0.516. The van der Waals surface area contributed by atoms with Gasteiger partial charge in [0.15, 0.2) is 5.82 Å². The Hall–Kier alpha value is -1.95. The standard InChI is InChI=1S/C17H25FN4O/c1-22-14-8-6-7-13(18)17(14)21-15(22)10-12-20-16(23)9-4-2-3-5-11-19/h6-8H,2-5,9-12,19H2,1H3,(H,20,23). The van der Waals surface area contributed by atoms with E-state index in [1.165, 1.54) is 6.07 Å². The number of nitrogens with zero attached hydrogens (tertiary/aromatic N) is 2. The average Bonchev–Trinajstić information content (AvgIpc) is 2.86. The van der Waals surface area contributed by atoms with E-state index in [1.54, 1.807) is 6.07 Å². The van der Waals surface area contributed by atoms with Crippen molar-refractivity contribution in [3.63, 3.8) is 0 Å². The summed E-state index contributed by atoms with van der Waals surface area (Å²) in [5, 5.41) is 2.90. The molecule has 126 valence electrons. The second kappa shape index (κ2) is 8.62. The molecule has 0 atom stereocenters. The number of unbranched alkanes of at least 4 members (excludes halogenated alkanes) is 3. The van der Waals surface area contributed by atoms with Crippen LogP contribution >= 0.6 is 0 Å². The minimum absolute atomic E-state index is 0.0580. The van der Waals surface area contributed by atoms with Gasteiger partial charge in [-0.1, -0.05) is 18.9 Å². The zero-order chi connectivity index (χ0) is 16.7. The van der Waals surface area contributed by atoms with Crippen LogP contribution in [-0.4, -0.2) is 28.5 Å². The lowest BCUT2D eigenvalue weighted by atomic mass is 10.1. The third-order valence-electron chi connectivity index (χ3n) is 3.98. The largest absolute Gasteiger partial charge is 0.356 e. The lowest BCUT2D eigenvalue weighted by Crippen LogP contribution is -2.26. The fourth-order valence-electron chi connectivity index (χ4n) is 2.64. The second-order valence-corrected chi connectivity index (χ2v) is 5.75. The zero-order valence-electron chi connectivity index (χ0n) is 13.6. The first-order chi connectivity index (χ1) is 11.1. The fourth-order valence-corrected chi connectivity index (χ4v) is 2.64. The van der Waals surface area contributed by atoms with E-state index in [2.05, 4.69) is 10.3 Å². The molecule has 0 bridgehead atoms. The molecular weight excluding hydrogens is 295 g/mol. The highest BCUT2D eigenvalue weighted by molar-refractivity contribution is 5.77. The van der Waals surface area contributed by atoms with Crippen LogP contribution in [0, 0.1) is 5.82 Å². The Balaban J connectivity index is 1.77. The van der Waals surface area contributed by atoms with Crippen LogP contribution in [-0.2, 0) is 18.3 Å². The summed E-state index contributed by atoms with van der Waals surface area (Å²) in [7, 11) is 1.86. The predicted molar refractivity (Wildman–Crippen MR) is 89.5 cm³/mol. The molecule has 6 heteroatoms. The third kappa shape index (κ3) is 4.76. The van der Waals surface area contributed by atoms with E-state index in [0.717, 1.165) is 37.0 Å². The van der Waals surface area contributed by atoms with Crippen LogP contribution in [0.3, 0.4) is 0 Å². The molecule has 5 nitrogen and oxygen atoms in total. The molecule has 0 aliphatic rings. The number of carbonyl (C=O) groups is 1. The number of aromatic nitrogens is 2. The molecule has 2 aromatic rings. The molecule has 0 aliphatic heterocycles. The number of hydrogen-bond donors (Lipinski definition) is 2. The summed E-state index contributed by atoms with van der Waals surface area (Å²) >= 11 is 0. The number of aryl methyl sites for hydroxylation is 1. The molecule has 0 saturated carbocycles. The summed E-state index contributed by atoms with van der Waals surface area (Å²) in [5.41, 5.74) is 6.59. The van der Waals surface area contributed by atoms with Gasteiger partial charge in [-0.15, -0.1) is 0 Å². The van der Waals surface area contributed by atoms with Crippen molar-refractivity contribution < 1.29 is 9.18 Å². The lowest BCUT2D eigenvalue weighted by Gasteiger charge is -2.05. The molecular formula is C17H25FN4O. The Labute approximate surface area is 136 Å². The molecule has 1 heterocycles.